The molecular weight excluding hydrogens is 564 g/mol. The number of hydrogen-bond donors (Lipinski definition) is 4. The molecule has 4 rings (SSSR count). The van der Waals surface area contributed by atoms with Gasteiger partial charge in [-0.1, -0.05) is 48.9 Å². The van der Waals surface area contributed by atoms with Crippen LogP contribution >= 0.6 is 11.3 Å². The van der Waals surface area contributed by atoms with Gasteiger partial charge in [0, 0.05) is 42.7 Å². The first-order chi connectivity index (χ1) is 19.8. The summed E-state index contributed by atoms with van der Waals surface area (Å²) in [6.07, 6.45) is 4.93. The van der Waals surface area contributed by atoms with Crippen molar-refractivity contribution in [1.82, 2.24) is 9.71 Å². The number of benzene rings is 2. The smallest absolute Gasteiger partial charge is 0.293 e. The summed E-state index contributed by atoms with van der Waals surface area (Å²) in [5.41, 5.74) is 8.64. The summed E-state index contributed by atoms with van der Waals surface area (Å²) in [5, 5.41) is 10.2. The van der Waals surface area contributed by atoms with E-state index in [0.717, 1.165) is 36.3 Å². The molecule has 1 aliphatic heterocycles. The summed E-state index contributed by atoms with van der Waals surface area (Å²) >= 11 is 1.41. The average molecular weight is 605 g/mol. The van der Waals surface area contributed by atoms with E-state index in [0.29, 0.717) is 37.5 Å². The third-order valence-corrected chi connectivity index (χ3v) is 7.29. The van der Waals surface area contributed by atoms with Crippen LogP contribution in [-0.2, 0) is 31.1 Å². The second kappa shape index (κ2) is 18.9. The molecule has 1 fully saturated rings. The number of aromatic nitrogens is 1. The monoisotopic (exact) mass is 604 g/mol. The highest BCUT2D eigenvalue weighted by atomic mass is 32.2. The molecule has 0 aliphatic carbocycles. The van der Waals surface area contributed by atoms with Crippen LogP contribution in [0.4, 0.5) is 10.8 Å². The van der Waals surface area contributed by atoms with Crippen molar-refractivity contribution in [2.75, 3.05) is 36.9 Å². The lowest BCUT2D eigenvalue weighted by Gasteiger charge is -2.17. The Kier molecular flexibility index (Phi) is 15.6. The van der Waals surface area contributed by atoms with E-state index in [1.807, 2.05) is 35.7 Å². The van der Waals surface area contributed by atoms with Gasteiger partial charge in [-0.3, -0.25) is 9.59 Å². The molecule has 224 valence electrons. The van der Waals surface area contributed by atoms with Gasteiger partial charge in [0.2, 0.25) is 5.91 Å². The molecule has 0 atom stereocenters. The van der Waals surface area contributed by atoms with E-state index in [2.05, 4.69) is 54.7 Å². The highest BCUT2D eigenvalue weighted by Gasteiger charge is 2.13. The number of amides is 1. The number of carbonyl (C=O) groups is 2. The van der Waals surface area contributed by atoms with E-state index in [1.54, 1.807) is 0 Å². The first kappa shape index (κ1) is 33.8. The zero-order valence-electron chi connectivity index (χ0n) is 23.3. The summed E-state index contributed by atoms with van der Waals surface area (Å²) in [6, 6.07) is 17.9. The maximum Gasteiger partial charge on any atom is 0.293 e. The van der Waals surface area contributed by atoms with Crippen LogP contribution in [0, 0.1) is 0 Å². The van der Waals surface area contributed by atoms with Gasteiger partial charge in [0.1, 0.15) is 6.61 Å². The van der Waals surface area contributed by atoms with Crippen LogP contribution < -0.4 is 25.8 Å². The van der Waals surface area contributed by atoms with Crippen molar-refractivity contribution < 1.29 is 22.7 Å². The summed E-state index contributed by atoms with van der Waals surface area (Å²) < 4.78 is 28.3. The normalized spacial score (nSPS) is 12.4. The van der Waals surface area contributed by atoms with E-state index >= 15 is 0 Å². The number of unbranched alkanes of at least 4 members (excludes halogenated alkanes) is 2. The Morgan fingerprint density at radius 2 is 1.73 bits per heavy atom. The number of carbonyl (C=O) groups excluding carboxylic acids is 2. The maximum absolute atomic E-state index is 12.1. The number of thiazole rings is 1. The summed E-state index contributed by atoms with van der Waals surface area (Å²) in [4.78, 5) is 28.7. The van der Waals surface area contributed by atoms with Gasteiger partial charge in [-0.15, -0.1) is 11.3 Å². The Morgan fingerprint density at radius 1 is 1.05 bits per heavy atom. The van der Waals surface area contributed by atoms with Crippen molar-refractivity contribution in [3.8, 4) is 11.3 Å². The number of nitrogens with zero attached hydrogens (tertiary/aromatic N) is 2. The van der Waals surface area contributed by atoms with E-state index in [9.17, 15) is 18.0 Å². The molecule has 6 N–H and O–H groups in total. The average Bonchev–Trinajstić information content (AvgIpc) is 3.68. The van der Waals surface area contributed by atoms with E-state index < -0.39 is 10.2 Å². The van der Waals surface area contributed by atoms with Gasteiger partial charge >= 0.3 is 0 Å². The van der Waals surface area contributed by atoms with Crippen molar-refractivity contribution in [3.63, 3.8) is 0 Å². The molecule has 0 bridgehead atoms. The van der Waals surface area contributed by atoms with Crippen LogP contribution in [-0.4, -0.2) is 52.5 Å². The van der Waals surface area contributed by atoms with Crippen LogP contribution in [0.2, 0.25) is 0 Å². The fourth-order valence-corrected chi connectivity index (χ4v) is 5.13. The Morgan fingerprint density at radius 3 is 2.37 bits per heavy atom. The number of rotatable bonds is 13. The molecule has 1 aromatic heterocycles. The molecule has 11 nitrogen and oxygen atoms in total. The minimum absolute atomic E-state index is 0.0883. The molecule has 1 saturated heterocycles. The SMILES string of the molecule is CN.NS(=O)(=O)NCCCCCC(=O)Nc1nc(-c2ccc(N3CCCC3)cc2)cs1.O=COCc1ccccc1. The zero-order valence-corrected chi connectivity index (χ0v) is 25.0. The third-order valence-electron chi connectivity index (χ3n) is 5.93. The van der Waals surface area contributed by atoms with Crippen molar-refractivity contribution >= 4 is 44.7 Å². The molecular formula is C28H40N6O5S2. The quantitative estimate of drug-likeness (QED) is 0.169. The molecule has 0 spiro atoms. The van der Waals surface area contributed by atoms with Crippen molar-refractivity contribution in [1.29, 1.82) is 0 Å². The summed E-state index contributed by atoms with van der Waals surface area (Å²) in [6.45, 7) is 3.34. The predicted octanol–water partition coefficient (Wildman–Crippen LogP) is 3.64. The van der Waals surface area contributed by atoms with Gasteiger partial charge in [-0.2, -0.15) is 8.42 Å². The molecule has 2 aromatic carbocycles. The Balaban J connectivity index is 0.000000410. The molecule has 41 heavy (non-hydrogen) atoms. The largest absolute Gasteiger partial charge is 0.463 e. The molecule has 1 aliphatic rings. The molecule has 0 radical (unpaired) electrons. The van der Waals surface area contributed by atoms with Gasteiger partial charge in [0.15, 0.2) is 5.13 Å². The van der Waals surface area contributed by atoms with E-state index in [4.69, 9.17) is 5.14 Å². The molecule has 1 amide bonds. The second-order valence-electron chi connectivity index (χ2n) is 8.97. The van der Waals surface area contributed by atoms with Gasteiger partial charge in [0.25, 0.3) is 16.7 Å². The molecule has 2 heterocycles. The summed E-state index contributed by atoms with van der Waals surface area (Å²) in [5.74, 6) is -0.0883. The van der Waals surface area contributed by atoms with Crippen molar-refractivity contribution in [2.45, 2.75) is 45.1 Å². The van der Waals surface area contributed by atoms with Gasteiger partial charge in [-0.25, -0.2) is 14.8 Å². The number of ether oxygens (including phenoxy) is 1. The second-order valence-corrected chi connectivity index (χ2v) is 11.2. The highest BCUT2D eigenvalue weighted by Crippen LogP contribution is 2.28. The number of nitrogens with two attached hydrogens (primary N) is 2. The first-order valence-electron chi connectivity index (χ1n) is 13.4. The molecule has 0 saturated carbocycles. The Bertz CT molecular complexity index is 1260. The molecule has 3 aromatic rings. The minimum Gasteiger partial charge on any atom is -0.463 e. The van der Waals surface area contributed by atoms with Crippen LogP contribution in [0.1, 0.15) is 44.1 Å². The minimum atomic E-state index is -3.63. The van der Waals surface area contributed by atoms with Crippen molar-refractivity contribution in [3.05, 3.63) is 65.5 Å². The number of hydrogen-bond acceptors (Lipinski definition) is 9. The van der Waals surface area contributed by atoms with Crippen LogP contribution in [0.5, 0.6) is 0 Å². The van der Waals surface area contributed by atoms with Crippen LogP contribution in [0.15, 0.2) is 60.0 Å². The van der Waals surface area contributed by atoms with Crippen LogP contribution in [0.3, 0.4) is 0 Å². The van der Waals surface area contributed by atoms with Gasteiger partial charge < -0.3 is 20.7 Å². The predicted molar refractivity (Wildman–Crippen MR) is 165 cm³/mol. The lowest BCUT2D eigenvalue weighted by atomic mass is 10.1. The highest BCUT2D eigenvalue weighted by molar-refractivity contribution is 7.87. The van der Waals surface area contributed by atoms with Crippen molar-refractivity contribution in [2.24, 2.45) is 10.9 Å². The lowest BCUT2D eigenvalue weighted by Crippen LogP contribution is -2.31. The van der Waals surface area contributed by atoms with Gasteiger partial charge in [0.05, 0.1) is 5.69 Å². The number of nitrogens with one attached hydrogen (secondary N) is 2. The third kappa shape index (κ3) is 13.7. The summed E-state index contributed by atoms with van der Waals surface area (Å²) in [7, 11) is -2.13. The Labute approximate surface area is 246 Å². The standard InChI is InChI=1S/C19H27N5O3S2.C8H8O2.CH5N/c20-29(26,27)21-11-3-1-2-6-18(25)23-19-22-17(14-28-19)15-7-9-16(10-8-15)24-12-4-5-13-24;9-7-10-6-8-4-2-1-3-5-8;1-2/h7-10,14,21H,1-6,11-13H2,(H2,20,26,27)(H,22,23,25);1-5,7H,6H2;2H2,1H3. The topological polar surface area (TPSA) is 170 Å². The fraction of sp³-hybridized carbons (Fsp3) is 0.393. The van der Waals surface area contributed by atoms with Gasteiger partial charge in [-0.05, 0) is 50.4 Å². The van der Waals surface area contributed by atoms with E-state index in [1.165, 1.54) is 36.9 Å². The van der Waals surface area contributed by atoms with Crippen LogP contribution in [0.25, 0.3) is 11.3 Å². The zero-order chi connectivity index (χ0) is 29.9. The fourth-order valence-electron chi connectivity index (χ4n) is 3.97. The molecule has 13 heteroatoms. The van der Waals surface area contributed by atoms with E-state index in [-0.39, 0.29) is 12.5 Å². The lowest BCUT2D eigenvalue weighted by molar-refractivity contribution is -0.129. The first-order valence-corrected chi connectivity index (χ1v) is 15.8. The maximum atomic E-state index is 12.1. The Hall–Kier alpha value is -3.36. The number of anilines is 2. The molecule has 0 unspecified atom stereocenters.